The second-order valence-electron chi connectivity index (χ2n) is 8.15. The Labute approximate surface area is 169 Å². The molecule has 4 rings (SSSR count). The Morgan fingerprint density at radius 2 is 1.59 bits per heavy atom. The molecule has 1 aromatic rings. The number of carbonyl (C=O) groups is 1. The van der Waals surface area contributed by atoms with Crippen LogP contribution in [-0.4, -0.2) is 62.4 Å². The van der Waals surface area contributed by atoms with E-state index in [-0.39, 0.29) is 0 Å². The van der Waals surface area contributed by atoms with Gasteiger partial charge in [-0.2, -0.15) is 0 Å². The molecule has 9 heteroatoms. The number of nitrogens with one attached hydrogen (secondary N) is 1. The van der Waals surface area contributed by atoms with Crippen LogP contribution in [0.1, 0.15) is 27.7 Å². The number of hydrogen-bond donors (Lipinski definition) is 1. The molecule has 3 heterocycles. The van der Waals surface area contributed by atoms with E-state index in [0.29, 0.717) is 17.2 Å². The summed E-state index contributed by atoms with van der Waals surface area (Å²) >= 11 is 0. The zero-order valence-electron chi connectivity index (χ0n) is 17.4. The van der Waals surface area contributed by atoms with E-state index < -0.39 is 48.2 Å². The van der Waals surface area contributed by atoms with Gasteiger partial charge in [-0.3, -0.25) is 4.79 Å². The van der Waals surface area contributed by atoms with E-state index in [0.717, 1.165) is 0 Å². The van der Waals surface area contributed by atoms with Crippen molar-refractivity contribution >= 4 is 11.6 Å². The van der Waals surface area contributed by atoms with E-state index >= 15 is 0 Å². The Morgan fingerprint density at radius 3 is 2.28 bits per heavy atom. The van der Waals surface area contributed by atoms with Gasteiger partial charge in [-0.1, -0.05) is 0 Å². The van der Waals surface area contributed by atoms with Crippen LogP contribution in [0.2, 0.25) is 0 Å². The lowest BCUT2D eigenvalue weighted by Crippen LogP contribution is -2.58. The molecule has 0 aromatic heterocycles. The maximum absolute atomic E-state index is 13.2. The van der Waals surface area contributed by atoms with Crippen molar-refractivity contribution in [3.05, 3.63) is 18.2 Å². The standard InChI is InChI=1S/C20H27NO8/c1-19(2)26-13-14(27-19)16-18(29-20(3,4)28-16)25-15(13)17(22)21-11-9-10(23-5)7-8-12(11)24-6/h7-9,13-16,18H,1-6H3,(H,21,22)/t13-,14-,15+,16+,18-/m0/s1. The molecular formula is C20H27NO8. The minimum absolute atomic E-state index is 0.403. The molecule has 0 aliphatic carbocycles. The number of amides is 1. The highest BCUT2D eigenvalue weighted by molar-refractivity contribution is 5.96. The van der Waals surface area contributed by atoms with E-state index in [2.05, 4.69) is 5.32 Å². The van der Waals surface area contributed by atoms with Crippen molar-refractivity contribution in [2.75, 3.05) is 19.5 Å². The van der Waals surface area contributed by atoms with Crippen LogP contribution in [-0.2, 0) is 28.5 Å². The molecule has 0 unspecified atom stereocenters. The monoisotopic (exact) mass is 409 g/mol. The summed E-state index contributed by atoms with van der Waals surface area (Å²) in [6.45, 7) is 7.17. The third-order valence-corrected chi connectivity index (χ3v) is 5.08. The van der Waals surface area contributed by atoms with Crippen molar-refractivity contribution in [3.63, 3.8) is 0 Å². The molecule has 160 valence electrons. The second-order valence-corrected chi connectivity index (χ2v) is 8.15. The summed E-state index contributed by atoms with van der Waals surface area (Å²) in [5.74, 6) is -1.05. The van der Waals surface area contributed by atoms with Gasteiger partial charge in [-0.15, -0.1) is 0 Å². The molecule has 3 aliphatic rings. The molecule has 1 amide bonds. The molecule has 5 atom stereocenters. The highest BCUT2D eigenvalue weighted by Gasteiger charge is 2.62. The molecule has 3 fully saturated rings. The van der Waals surface area contributed by atoms with Crippen molar-refractivity contribution in [2.24, 2.45) is 0 Å². The first kappa shape index (κ1) is 20.4. The van der Waals surface area contributed by atoms with Crippen LogP contribution >= 0.6 is 0 Å². The highest BCUT2D eigenvalue weighted by Crippen LogP contribution is 2.44. The minimum atomic E-state index is -0.962. The molecular weight excluding hydrogens is 382 g/mol. The Balaban J connectivity index is 1.60. The normalized spacial score (nSPS) is 34.2. The first-order chi connectivity index (χ1) is 13.6. The van der Waals surface area contributed by atoms with Crippen LogP contribution in [0.3, 0.4) is 0 Å². The van der Waals surface area contributed by atoms with Gasteiger partial charge in [-0.05, 0) is 39.8 Å². The summed E-state index contributed by atoms with van der Waals surface area (Å²) in [5.41, 5.74) is 0.459. The number of fused-ring (bicyclic) bond motifs is 3. The molecule has 0 radical (unpaired) electrons. The number of hydrogen-bond acceptors (Lipinski definition) is 8. The summed E-state index contributed by atoms with van der Waals surface area (Å²) in [7, 11) is 3.07. The van der Waals surface area contributed by atoms with Crippen LogP contribution in [0.5, 0.6) is 11.5 Å². The third kappa shape index (κ3) is 3.80. The summed E-state index contributed by atoms with van der Waals surface area (Å²) in [6.07, 6.45) is -3.36. The van der Waals surface area contributed by atoms with Gasteiger partial charge in [0.25, 0.3) is 5.91 Å². The van der Waals surface area contributed by atoms with Gasteiger partial charge in [0.1, 0.15) is 29.8 Å². The van der Waals surface area contributed by atoms with Crippen molar-refractivity contribution in [1.29, 1.82) is 0 Å². The predicted octanol–water partition coefficient (Wildman–Crippen LogP) is 2.04. The summed E-state index contributed by atoms with van der Waals surface area (Å²) in [4.78, 5) is 13.2. The first-order valence-electron chi connectivity index (χ1n) is 9.52. The van der Waals surface area contributed by atoms with Crippen molar-refractivity contribution in [3.8, 4) is 11.5 Å². The van der Waals surface area contributed by atoms with Gasteiger partial charge in [0.15, 0.2) is 24.0 Å². The van der Waals surface area contributed by atoms with Gasteiger partial charge in [0.2, 0.25) is 0 Å². The maximum Gasteiger partial charge on any atom is 0.256 e. The molecule has 1 aromatic carbocycles. The number of anilines is 1. The van der Waals surface area contributed by atoms with Crippen molar-refractivity contribution in [2.45, 2.75) is 70.0 Å². The van der Waals surface area contributed by atoms with Crippen LogP contribution in [0, 0.1) is 0 Å². The highest BCUT2D eigenvalue weighted by atomic mass is 16.9. The Morgan fingerprint density at radius 1 is 0.931 bits per heavy atom. The average Bonchev–Trinajstić information content (AvgIpc) is 3.14. The number of carbonyl (C=O) groups excluding carboxylic acids is 1. The van der Waals surface area contributed by atoms with E-state index in [9.17, 15) is 4.79 Å². The fourth-order valence-corrected chi connectivity index (χ4v) is 3.94. The lowest BCUT2D eigenvalue weighted by atomic mass is 9.98. The van der Waals surface area contributed by atoms with Gasteiger partial charge < -0.3 is 38.5 Å². The SMILES string of the molecule is COc1ccc(OC)c(NC(=O)[C@@H]2O[C@H]3OC(C)(C)O[C@@H]3[C@H]3OC(C)(C)O[C@@H]32)c1. The van der Waals surface area contributed by atoms with Crippen LogP contribution < -0.4 is 14.8 Å². The lowest BCUT2D eigenvalue weighted by Gasteiger charge is -2.36. The van der Waals surface area contributed by atoms with Gasteiger partial charge in [-0.25, -0.2) is 0 Å². The molecule has 0 spiro atoms. The van der Waals surface area contributed by atoms with Crippen LogP contribution in [0.25, 0.3) is 0 Å². The zero-order chi connectivity index (χ0) is 21.0. The smallest absolute Gasteiger partial charge is 0.256 e. The van der Waals surface area contributed by atoms with E-state index in [1.165, 1.54) is 7.11 Å². The Hall–Kier alpha value is -1.91. The van der Waals surface area contributed by atoms with Crippen molar-refractivity contribution < 1.29 is 38.0 Å². The van der Waals surface area contributed by atoms with Crippen LogP contribution in [0.4, 0.5) is 5.69 Å². The molecule has 0 saturated carbocycles. The van der Waals surface area contributed by atoms with E-state index in [1.54, 1.807) is 53.0 Å². The fraction of sp³-hybridized carbons (Fsp3) is 0.650. The van der Waals surface area contributed by atoms with Gasteiger partial charge in [0, 0.05) is 6.07 Å². The number of methoxy groups -OCH3 is 2. The predicted molar refractivity (Wildman–Crippen MR) is 101 cm³/mol. The third-order valence-electron chi connectivity index (χ3n) is 5.08. The minimum Gasteiger partial charge on any atom is -0.497 e. The Kier molecular flexibility index (Phi) is 4.99. The molecule has 3 saturated heterocycles. The quantitative estimate of drug-likeness (QED) is 0.808. The number of benzene rings is 1. The molecule has 29 heavy (non-hydrogen) atoms. The maximum atomic E-state index is 13.2. The zero-order valence-corrected chi connectivity index (χ0v) is 17.4. The van der Waals surface area contributed by atoms with Gasteiger partial charge in [0.05, 0.1) is 19.9 Å². The summed E-state index contributed by atoms with van der Waals surface area (Å²) in [6, 6.07) is 5.13. The second kappa shape index (κ2) is 7.10. The average molecular weight is 409 g/mol. The van der Waals surface area contributed by atoms with Crippen LogP contribution in [0.15, 0.2) is 18.2 Å². The number of ether oxygens (including phenoxy) is 7. The van der Waals surface area contributed by atoms with E-state index in [1.807, 2.05) is 0 Å². The lowest BCUT2D eigenvalue weighted by molar-refractivity contribution is -0.229. The first-order valence-corrected chi connectivity index (χ1v) is 9.52. The summed E-state index contributed by atoms with van der Waals surface area (Å²) < 4.78 is 40.4. The fourth-order valence-electron chi connectivity index (χ4n) is 3.94. The molecule has 9 nitrogen and oxygen atoms in total. The van der Waals surface area contributed by atoms with E-state index in [4.69, 9.17) is 33.2 Å². The largest absolute Gasteiger partial charge is 0.497 e. The van der Waals surface area contributed by atoms with Crippen molar-refractivity contribution in [1.82, 2.24) is 0 Å². The molecule has 0 bridgehead atoms. The Bertz CT molecular complexity index is 795. The topological polar surface area (TPSA) is 93.7 Å². The molecule has 1 N–H and O–H groups in total. The van der Waals surface area contributed by atoms with Gasteiger partial charge >= 0.3 is 0 Å². The summed E-state index contributed by atoms with van der Waals surface area (Å²) in [5, 5.41) is 2.85. The number of rotatable bonds is 4. The molecule has 3 aliphatic heterocycles.